The predicted molar refractivity (Wildman–Crippen MR) is 71.3 cm³/mol. The summed E-state index contributed by atoms with van der Waals surface area (Å²) >= 11 is 0. The van der Waals surface area contributed by atoms with Gasteiger partial charge in [-0.3, -0.25) is 4.90 Å². The maximum absolute atomic E-state index is 5.92. The number of rotatable bonds is 5. The second-order valence-electron chi connectivity index (χ2n) is 5.29. The average molecular weight is 238 g/mol. The van der Waals surface area contributed by atoms with Gasteiger partial charge in [-0.1, -0.05) is 11.6 Å². The van der Waals surface area contributed by atoms with Crippen LogP contribution in [0.2, 0.25) is 0 Å². The van der Waals surface area contributed by atoms with E-state index >= 15 is 0 Å². The minimum atomic E-state index is 0.513. The van der Waals surface area contributed by atoms with Gasteiger partial charge in [-0.05, 0) is 45.7 Å². The zero-order chi connectivity index (χ0) is 11.9. The lowest BCUT2D eigenvalue weighted by atomic mass is 10.1. The van der Waals surface area contributed by atoms with Crippen molar-refractivity contribution in [3.8, 4) is 0 Å². The van der Waals surface area contributed by atoms with Crippen LogP contribution in [0.3, 0.4) is 0 Å². The first-order valence-electron chi connectivity index (χ1n) is 7.05. The maximum Gasteiger partial charge on any atom is 0.0599 e. The molecule has 0 atom stereocenters. The minimum absolute atomic E-state index is 0.513. The van der Waals surface area contributed by atoms with Gasteiger partial charge in [0.25, 0.3) is 0 Å². The van der Waals surface area contributed by atoms with Crippen molar-refractivity contribution in [2.45, 2.75) is 38.7 Å². The molecule has 2 aliphatic rings. The van der Waals surface area contributed by atoms with E-state index in [1.54, 1.807) is 0 Å². The molecular weight excluding hydrogens is 212 g/mol. The molecule has 2 heterocycles. The van der Waals surface area contributed by atoms with E-state index in [9.17, 15) is 0 Å². The van der Waals surface area contributed by atoms with Crippen LogP contribution in [0.15, 0.2) is 11.6 Å². The summed E-state index contributed by atoms with van der Waals surface area (Å²) in [7, 11) is 0. The van der Waals surface area contributed by atoms with Gasteiger partial charge in [0, 0.05) is 26.2 Å². The fourth-order valence-electron chi connectivity index (χ4n) is 2.68. The molecule has 3 nitrogen and oxygen atoms in total. The molecule has 0 unspecified atom stereocenters. The van der Waals surface area contributed by atoms with Crippen molar-refractivity contribution >= 4 is 0 Å². The SMILES string of the molecule is CC1=CCCN(CCCOC2CCNCC2)C1. The number of hydrogen-bond acceptors (Lipinski definition) is 3. The van der Waals surface area contributed by atoms with Crippen LogP contribution >= 0.6 is 0 Å². The molecule has 0 aromatic carbocycles. The molecule has 0 saturated carbocycles. The first-order chi connectivity index (χ1) is 8.34. The highest BCUT2D eigenvalue weighted by Crippen LogP contribution is 2.10. The third-order valence-corrected chi connectivity index (χ3v) is 3.67. The second kappa shape index (κ2) is 7.14. The summed E-state index contributed by atoms with van der Waals surface area (Å²) in [5, 5.41) is 3.37. The van der Waals surface area contributed by atoms with Crippen LogP contribution in [0.5, 0.6) is 0 Å². The van der Waals surface area contributed by atoms with E-state index in [2.05, 4.69) is 23.2 Å². The summed E-state index contributed by atoms with van der Waals surface area (Å²) in [6.45, 7) is 9.00. The summed E-state index contributed by atoms with van der Waals surface area (Å²) in [6.07, 6.45) is 7.65. The summed E-state index contributed by atoms with van der Waals surface area (Å²) in [5.41, 5.74) is 1.52. The first kappa shape index (κ1) is 13.1. The van der Waals surface area contributed by atoms with Crippen molar-refractivity contribution < 1.29 is 4.74 Å². The van der Waals surface area contributed by atoms with Crippen molar-refractivity contribution in [1.82, 2.24) is 10.2 Å². The monoisotopic (exact) mass is 238 g/mol. The van der Waals surface area contributed by atoms with E-state index in [-0.39, 0.29) is 0 Å². The molecule has 0 amide bonds. The minimum Gasteiger partial charge on any atom is -0.378 e. The molecule has 0 aromatic rings. The molecule has 17 heavy (non-hydrogen) atoms. The van der Waals surface area contributed by atoms with E-state index in [1.165, 1.54) is 44.3 Å². The van der Waals surface area contributed by atoms with Crippen LogP contribution < -0.4 is 5.32 Å². The fourth-order valence-corrected chi connectivity index (χ4v) is 2.68. The Labute approximate surface area is 105 Å². The van der Waals surface area contributed by atoms with Gasteiger partial charge >= 0.3 is 0 Å². The van der Waals surface area contributed by atoms with E-state index in [4.69, 9.17) is 4.74 Å². The molecule has 1 fully saturated rings. The van der Waals surface area contributed by atoms with Crippen molar-refractivity contribution in [3.63, 3.8) is 0 Å². The number of ether oxygens (including phenoxy) is 1. The molecule has 1 N–H and O–H groups in total. The molecule has 0 aromatic heterocycles. The Kier molecular flexibility index (Phi) is 5.49. The fraction of sp³-hybridized carbons (Fsp3) is 0.857. The molecule has 1 saturated heterocycles. The first-order valence-corrected chi connectivity index (χ1v) is 7.05. The highest BCUT2D eigenvalue weighted by atomic mass is 16.5. The summed E-state index contributed by atoms with van der Waals surface area (Å²) in [4.78, 5) is 2.54. The van der Waals surface area contributed by atoms with Crippen LogP contribution in [0.4, 0.5) is 0 Å². The summed E-state index contributed by atoms with van der Waals surface area (Å²) in [5.74, 6) is 0. The van der Waals surface area contributed by atoms with Gasteiger partial charge in [-0.2, -0.15) is 0 Å². The van der Waals surface area contributed by atoms with Crippen molar-refractivity contribution in [1.29, 1.82) is 0 Å². The zero-order valence-corrected chi connectivity index (χ0v) is 11.1. The van der Waals surface area contributed by atoms with Gasteiger partial charge in [-0.15, -0.1) is 0 Å². The standard InChI is InChI=1S/C14H26N2O/c1-13-4-2-9-16(12-13)10-3-11-17-14-5-7-15-8-6-14/h4,14-15H,2-3,5-12H2,1H3. The third kappa shape index (κ3) is 4.78. The Balaban J connectivity index is 1.52. The summed E-state index contributed by atoms with van der Waals surface area (Å²) in [6, 6.07) is 0. The lowest BCUT2D eigenvalue weighted by Crippen LogP contribution is -2.34. The average Bonchev–Trinajstić information content (AvgIpc) is 2.36. The van der Waals surface area contributed by atoms with Crippen molar-refractivity contribution in [2.24, 2.45) is 0 Å². The van der Waals surface area contributed by atoms with Gasteiger partial charge in [0.2, 0.25) is 0 Å². The van der Waals surface area contributed by atoms with Crippen molar-refractivity contribution in [3.05, 3.63) is 11.6 Å². The highest BCUT2D eigenvalue weighted by Gasteiger charge is 2.13. The van der Waals surface area contributed by atoms with Crippen LogP contribution in [0.1, 0.15) is 32.6 Å². The molecule has 0 spiro atoms. The number of nitrogens with zero attached hydrogens (tertiary/aromatic N) is 1. The van der Waals surface area contributed by atoms with Crippen LogP contribution in [-0.2, 0) is 4.74 Å². The van der Waals surface area contributed by atoms with E-state index < -0.39 is 0 Å². The molecule has 2 rings (SSSR count). The highest BCUT2D eigenvalue weighted by molar-refractivity contribution is 5.04. The largest absolute Gasteiger partial charge is 0.378 e. The smallest absolute Gasteiger partial charge is 0.0599 e. The van der Waals surface area contributed by atoms with Gasteiger partial charge in [-0.25, -0.2) is 0 Å². The Hall–Kier alpha value is -0.380. The van der Waals surface area contributed by atoms with E-state index in [1.807, 2.05) is 0 Å². The maximum atomic E-state index is 5.92. The van der Waals surface area contributed by atoms with Gasteiger partial charge in [0.15, 0.2) is 0 Å². The molecule has 0 aliphatic carbocycles. The lowest BCUT2D eigenvalue weighted by molar-refractivity contribution is 0.0280. The van der Waals surface area contributed by atoms with E-state index in [0.29, 0.717) is 6.10 Å². The Morgan fingerprint density at radius 2 is 2.24 bits per heavy atom. The number of nitrogens with one attached hydrogen (secondary N) is 1. The van der Waals surface area contributed by atoms with Gasteiger partial charge in [0.1, 0.15) is 0 Å². The van der Waals surface area contributed by atoms with Crippen LogP contribution in [0.25, 0.3) is 0 Å². The molecule has 98 valence electrons. The van der Waals surface area contributed by atoms with Crippen molar-refractivity contribution in [2.75, 3.05) is 39.3 Å². The molecule has 0 bridgehead atoms. The van der Waals surface area contributed by atoms with E-state index in [0.717, 1.165) is 26.2 Å². The second-order valence-corrected chi connectivity index (χ2v) is 5.29. The van der Waals surface area contributed by atoms with Gasteiger partial charge in [0.05, 0.1) is 6.10 Å². The van der Waals surface area contributed by atoms with Gasteiger partial charge < -0.3 is 10.1 Å². The summed E-state index contributed by atoms with van der Waals surface area (Å²) < 4.78 is 5.92. The topological polar surface area (TPSA) is 24.5 Å². The Morgan fingerprint density at radius 1 is 1.41 bits per heavy atom. The molecular formula is C14H26N2O. The quantitative estimate of drug-likeness (QED) is 0.584. The Morgan fingerprint density at radius 3 is 3.00 bits per heavy atom. The molecule has 0 radical (unpaired) electrons. The normalized spacial score (nSPS) is 23.7. The zero-order valence-electron chi connectivity index (χ0n) is 11.1. The number of piperidine rings is 1. The predicted octanol–water partition coefficient (Wildman–Crippen LogP) is 1.80. The van der Waals surface area contributed by atoms with Crippen LogP contribution in [0, 0.1) is 0 Å². The number of hydrogen-bond donors (Lipinski definition) is 1. The Bertz CT molecular complexity index is 247. The molecule has 3 heteroatoms. The third-order valence-electron chi connectivity index (χ3n) is 3.67. The van der Waals surface area contributed by atoms with Crippen LogP contribution in [-0.4, -0.2) is 50.3 Å². The molecule has 2 aliphatic heterocycles. The lowest BCUT2D eigenvalue weighted by Gasteiger charge is -2.27.